The second-order valence-electron chi connectivity index (χ2n) is 5.51. The Bertz CT molecular complexity index is 756. The molecule has 1 aliphatic carbocycles. The molecule has 0 saturated heterocycles. The van der Waals surface area contributed by atoms with E-state index in [1.807, 2.05) is 0 Å². The van der Waals surface area contributed by atoms with Crippen molar-refractivity contribution in [1.82, 2.24) is 10.3 Å². The van der Waals surface area contributed by atoms with E-state index in [1.54, 1.807) is 31.2 Å². The van der Waals surface area contributed by atoms with Crippen LogP contribution in [0.5, 0.6) is 0 Å². The summed E-state index contributed by atoms with van der Waals surface area (Å²) >= 11 is 7.16. The highest BCUT2D eigenvalue weighted by atomic mass is 35.5. The molecular formula is C16H16ClN3O2S. The SMILES string of the molecule is Cc1nc(CC(=O)Nc2cccc(Cl)c2)sc1C(=O)NC1CC1. The predicted molar refractivity (Wildman–Crippen MR) is 91.1 cm³/mol. The molecule has 7 heteroatoms. The molecular weight excluding hydrogens is 334 g/mol. The molecule has 1 aromatic carbocycles. The van der Waals surface area contributed by atoms with Gasteiger partial charge in [-0.25, -0.2) is 4.98 Å². The number of nitrogens with zero attached hydrogens (tertiary/aromatic N) is 1. The average Bonchev–Trinajstić information content (AvgIpc) is 3.20. The van der Waals surface area contributed by atoms with E-state index in [-0.39, 0.29) is 18.2 Å². The Hall–Kier alpha value is -1.92. The molecule has 0 radical (unpaired) electrons. The second kappa shape index (κ2) is 6.68. The van der Waals surface area contributed by atoms with Gasteiger partial charge in [0.05, 0.1) is 12.1 Å². The number of carbonyl (C=O) groups excluding carboxylic acids is 2. The zero-order valence-corrected chi connectivity index (χ0v) is 14.1. The van der Waals surface area contributed by atoms with Gasteiger partial charge in [0.25, 0.3) is 5.91 Å². The third-order valence-electron chi connectivity index (χ3n) is 3.38. The Morgan fingerprint density at radius 1 is 1.39 bits per heavy atom. The summed E-state index contributed by atoms with van der Waals surface area (Å²) in [6.07, 6.45) is 2.21. The normalized spacial score (nSPS) is 13.7. The van der Waals surface area contributed by atoms with Crippen LogP contribution in [0.3, 0.4) is 0 Å². The third kappa shape index (κ3) is 4.30. The molecule has 2 N–H and O–H groups in total. The Morgan fingerprint density at radius 3 is 2.87 bits per heavy atom. The maximum absolute atomic E-state index is 12.1. The first-order valence-corrected chi connectivity index (χ1v) is 8.53. The number of anilines is 1. The Balaban J connectivity index is 1.63. The molecule has 120 valence electrons. The van der Waals surface area contributed by atoms with Gasteiger partial charge < -0.3 is 10.6 Å². The number of aryl methyl sites for hydroxylation is 1. The minimum Gasteiger partial charge on any atom is -0.349 e. The zero-order valence-electron chi connectivity index (χ0n) is 12.6. The Kier molecular flexibility index (Phi) is 4.63. The summed E-state index contributed by atoms with van der Waals surface area (Å²) in [6.45, 7) is 1.79. The first-order chi connectivity index (χ1) is 11.0. The van der Waals surface area contributed by atoms with Crippen molar-refractivity contribution >= 4 is 40.4 Å². The molecule has 0 atom stereocenters. The van der Waals surface area contributed by atoms with E-state index in [1.165, 1.54) is 11.3 Å². The molecule has 1 aliphatic rings. The number of amides is 2. The Morgan fingerprint density at radius 2 is 2.17 bits per heavy atom. The smallest absolute Gasteiger partial charge is 0.263 e. The molecule has 1 saturated carbocycles. The number of nitrogens with one attached hydrogen (secondary N) is 2. The van der Waals surface area contributed by atoms with Crippen LogP contribution in [0.15, 0.2) is 24.3 Å². The molecule has 2 amide bonds. The lowest BCUT2D eigenvalue weighted by Gasteiger charge is -2.03. The van der Waals surface area contributed by atoms with Crippen LogP contribution in [-0.4, -0.2) is 22.8 Å². The van der Waals surface area contributed by atoms with Crippen LogP contribution in [0.25, 0.3) is 0 Å². The number of hydrogen-bond donors (Lipinski definition) is 2. The number of thiazole rings is 1. The fourth-order valence-electron chi connectivity index (χ4n) is 2.13. The van der Waals surface area contributed by atoms with E-state index in [2.05, 4.69) is 15.6 Å². The molecule has 0 aliphatic heterocycles. The highest BCUT2D eigenvalue weighted by Crippen LogP contribution is 2.23. The number of carbonyl (C=O) groups is 2. The standard InChI is InChI=1S/C16H16ClN3O2S/c1-9-15(16(22)20-11-5-6-11)23-14(18-9)8-13(21)19-12-4-2-3-10(17)7-12/h2-4,7,11H,5-6,8H2,1H3,(H,19,21)(H,20,22). The number of aromatic nitrogens is 1. The van der Waals surface area contributed by atoms with Gasteiger partial charge in [0.15, 0.2) is 0 Å². The maximum Gasteiger partial charge on any atom is 0.263 e. The summed E-state index contributed by atoms with van der Waals surface area (Å²) in [6, 6.07) is 7.27. The zero-order chi connectivity index (χ0) is 16.4. The fourth-order valence-corrected chi connectivity index (χ4v) is 3.28. The molecule has 1 fully saturated rings. The van der Waals surface area contributed by atoms with Crippen molar-refractivity contribution in [2.45, 2.75) is 32.2 Å². The molecule has 0 unspecified atom stereocenters. The fraction of sp³-hybridized carbons (Fsp3) is 0.312. The summed E-state index contributed by atoms with van der Waals surface area (Å²) in [5.41, 5.74) is 1.31. The number of hydrogen-bond acceptors (Lipinski definition) is 4. The van der Waals surface area contributed by atoms with Gasteiger partial charge in [0.2, 0.25) is 5.91 Å². The summed E-state index contributed by atoms with van der Waals surface area (Å²) in [7, 11) is 0. The van der Waals surface area contributed by atoms with Crippen molar-refractivity contribution in [3.63, 3.8) is 0 Å². The molecule has 23 heavy (non-hydrogen) atoms. The molecule has 3 rings (SSSR count). The van der Waals surface area contributed by atoms with E-state index < -0.39 is 0 Å². The molecule has 0 bridgehead atoms. The van der Waals surface area contributed by atoms with E-state index in [9.17, 15) is 9.59 Å². The van der Waals surface area contributed by atoms with Crippen LogP contribution in [0.1, 0.15) is 33.2 Å². The van der Waals surface area contributed by atoms with Crippen molar-refractivity contribution in [2.24, 2.45) is 0 Å². The molecule has 5 nitrogen and oxygen atoms in total. The van der Waals surface area contributed by atoms with Gasteiger partial charge in [-0.2, -0.15) is 0 Å². The van der Waals surface area contributed by atoms with Crippen LogP contribution in [0, 0.1) is 6.92 Å². The maximum atomic E-state index is 12.1. The van der Waals surface area contributed by atoms with Crippen molar-refractivity contribution in [1.29, 1.82) is 0 Å². The van der Waals surface area contributed by atoms with Gasteiger partial charge in [-0.05, 0) is 38.0 Å². The quantitative estimate of drug-likeness (QED) is 0.870. The van der Waals surface area contributed by atoms with Crippen LogP contribution < -0.4 is 10.6 Å². The molecule has 1 aromatic heterocycles. The van der Waals surface area contributed by atoms with Crippen LogP contribution in [0.4, 0.5) is 5.69 Å². The van der Waals surface area contributed by atoms with Gasteiger partial charge in [0.1, 0.15) is 9.88 Å². The van der Waals surface area contributed by atoms with Crippen LogP contribution >= 0.6 is 22.9 Å². The molecule has 0 spiro atoms. The highest BCUT2D eigenvalue weighted by Gasteiger charge is 2.26. The van der Waals surface area contributed by atoms with Gasteiger partial charge >= 0.3 is 0 Å². The first-order valence-electron chi connectivity index (χ1n) is 7.34. The van der Waals surface area contributed by atoms with E-state index in [4.69, 9.17) is 11.6 Å². The lowest BCUT2D eigenvalue weighted by Crippen LogP contribution is -2.25. The lowest BCUT2D eigenvalue weighted by molar-refractivity contribution is -0.115. The van der Waals surface area contributed by atoms with Crippen LogP contribution in [0.2, 0.25) is 5.02 Å². The monoisotopic (exact) mass is 349 g/mol. The summed E-state index contributed by atoms with van der Waals surface area (Å²) in [4.78, 5) is 29.1. The van der Waals surface area contributed by atoms with Crippen molar-refractivity contribution in [3.05, 3.63) is 44.9 Å². The van der Waals surface area contributed by atoms with Gasteiger partial charge in [-0.15, -0.1) is 11.3 Å². The van der Waals surface area contributed by atoms with Crippen LogP contribution in [-0.2, 0) is 11.2 Å². The highest BCUT2D eigenvalue weighted by molar-refractivity contribution is 7.13. The van der Waals surface area contributed by atoms with Gasteiger partial charge in [-0.1, -0.05) is 17.7 Å². The van der Waals surface area contributed by atoms with Crippen molar-refractivity contribution < 1.29 is 9.59 Å². The van der Waals surface area contributed by atoms with E-state index in [0.717, 1.165) is 12.8 Å². The van der Waals surface area contributed by atoms with Gasteiger partial charge in [0, 0.05) is 16.8 Å². The largest absolute Gasteiger partial charge is 0.349 e. The average molecular weight is 350 g/mol. The van der Waals surface area contributed by atoms with Crippen molar-refractivity contribution in [3.8, 4) is 0 Å². The minimum absolute atomic E-state index is 0.0935. The summed E-state index contributed by atoms with van der Waals surface area (Å²) in [5.74, 6) is -0.279. The minimum atomic E-state index is -0.185. The molecule has 1 heterocycles. The predicted octanol–water partition coefficient (Wildman–Crippen LogP) is 3.18. The summed E-state index contributed by atoms with van der Waals surface area (Å²) < 4.78 is 0. The second-order valence-corrected chi connectivity index (χ2v) is 7.03. The molecule has 2 aromatic rings. The number of rotatable bonds is 5. The third-order valence-corrected chi connectivity index (χ3v) is 4.77. The van der Waals surface area contributed by atoms with Gasteiger partial charge in [-0.3, -0.25) is 9.59 Å². The topological polar surface area (TPSA) is 71.1 Å². The van der Waals surface area contributed by atoms with Crippen molar-refractivity contribution in [2.75, 3.05) is 5.32 Å². The lowest BCUT2D eigenvalue weighted by atomic mass is 10.3. The number of halogens is 1. The number of benzene rings is 1. The van der Waals surface area contributed by atoms with E-state index >= 15 is 0 Å². The van der Waals surface area contributed by atoms with E-state index in [0.29, 0.717) is 32.3 Å². The Labute approximate surface area is 143 Å². The first kappa shape index (κ1) is 16.0. The summed E-state index contributed by atoms with van der Waals surface area (Å²) in [5, 5.41) is 6.90.